The molecule has 30 heavy (non-hydrogen) atoms. The molecule has 3 aromatic rings. The maximum Gasteiger partial charge on any atom is 0.226 e. The van der Waals surface area contributed by atoms with Gasteiger partial charge in [-0.1, -0.05) is 23.8 Å². The molecular weight excluding hydrogens is 495 g/mol. The summed E-state index contributed by atoms with van der Waals surface area (Å²) in [6, 6.07) is 13.9. The second-order valence-electron chi connectivity index (χ2n) is 6.48. The number of halogens is 1. The van der Waals surface area contributed by atoms with Gasteiger partial charge in [-0.25, -0.2) is 4.98 Å². The third kappa shape index (κ3) is 6.12. The summed E-state index contributed by atoms with van der Waals surface area (Å²) in [6.45, 7) is 3.14. The highest BCUT2D eigenvalue weighted by Gasteiger charge is 2.08. The minimum atomic E-state index is 0. The van der Waals surface area contributed by atoms with E-state index in [1.807, 2.05) is 42.5 Å². The van der Waals surface area contributed by atoms with E-state index in [-0.39, 0.29) is 24.0 Å². The lowest BCUT2D eigenvalue weighted by Crippen LogP contribution is -2.36. The van der Waals surface area contributed by atoms with Crippen molar-refractivity contribution in [3.63, 3.8) is 0 Å². The maximum atomic E-state index is 5.60. The van der Waals surface area contributed by atoms with Crippen molar-refractivity contribution in [1.82, 2.24) is 15.6 Å². The van der Waals surface area contributed by atoms with Crippen LogP contribution in [0, 0.1) is 6.92 Å². The number of nitrogens with zero attached hydrogens (tertiary/aromatic N) is 2. The monoisotopic (exact) mass is 522 g/mol. The number of guanidine groups is 1. The Balaban J connectivity index is 0.00000320. The van der Waals surface area contributed by atoms with Gasteiger partial charge in [0.05, 0.1) is 26.5 Å². The molecule has 0 bridgehead atoms. The molecule has 8 heteroatoms. The average Bonchev–Trinajstić information content (AvgIpc) is 3.23. The summed E-state index contributed by atoms with van der Waals surface area (Å²) >= 11 is 0. The number of rotatable bonds is 7. The highest BCUT2D eigenvalue weighted by molar-refractivity contribution is 14.0. The molecule has 0 radical (unpaired) electrons. The van der Waals surface area contributed by atoms with Gasteiger partial charge in [0.2, 0.25) is 5.89 Å². The summed E-state index contributed by atoms with van der Waals surface area (Å²) in [5, 5.41) is 6.52. The van der Waals surface area contributed by atoms with Crippen molar-refractivity contribution in [1.29, 1.82) is 0 Å². The van der Waals surface area contributed by atoms with E-state index in [9.17, 15) is 0 Å². The first kappa shape index (κ1) is 23.5. The van der Waals surface area contributed by atoms with Crippen LogP contribution >= 0.6 is 24.0 Å². The fourth-order valence-corrected chi connectivity index (χ4v) is 2.79. The largest absolute Gasteiger partial charge is 0.493 e. The van der Waals surface area contributed by atoms with Gasteiger partial charge in [0.25, 0.3) is 0 Å². The van der Waals surface area contributed by atoms with Crippen molar-refractivity contribution in [2.45, 2.75) is 20.0 Å². The van der Waals surface area contributed by atoms with E-state index in [1.165, 1.54) is 5.56 Å². The molecule has 2 aromatic carbocycles. The van der Waals surface area contributed by atoms with Gasteiger partial charge in [0, 0.05) is 19.2 Å². The first-order chi connectivity index (χ1) is 14.1. The zero-order valence-electron chi connectivity index (χ0n) is 17.6. The number of oxazole rings is 1. The number of hydrogen-bond donors (Lipinski definition) is 2. The molecule has 0 unspecified atom stereocenters. The van der Waals surface area contributed by atoms with Crippen molar-refractivity contribution in [3.8, 4) is 23.0 Å². The predicted molar refractivity (Wildman–Crippen MR) is 129 cm³/mol. The SMILES string of the molecule is CN=C(NCc1ccc(OC)c(OC)c1)NCc1coc(-c2ccc(C)cc2)n1.I. The van der Waals surface area contributed by atoms with Crippen LogP contribution in [0.5, 0.6) is 11.5 Å². The lowest BCUT2D eigenvalue weighted by atomic mass is 10.1. The molecule has 1 heterocycles. The second-order valence-corrected chi connectivity index (χ2v) is 6.48. The fourth-order valence-electron chi connectivity index (χ4n) is 2.79. The fraction of sp³-hybridized carbons (Fsp3) is 0.273. The molecule has 0 fully saturated rings. The van der Waals surface area contributed by atoms with Crippen molar-refractivity contribution < 1.29 is 13.9 Å². The number of aromatic nitrogens is 1. The quantitative estimate of drug-likeness (QED) is 0.276. The first-order valence-corrected chi connectivity index (χ1v) is 9.29. The molecule has 160 valence electrons. The molecule has 0 aliphatic rings. The van der Waals surface area contributed by atoms with E-state index in [2.05, 4.69) is 27.5 Å². The van der Waals surface area contributed by atoms with Gasteiger partial charge in [0.1, 0.15) is 6.26 Å². The molecule has 0 spiro atoms. The van der Waals surface area contributed by atoms with Crippen LogP contribution in [0.3, 0.4) is 0 Å². The maximum absolute atomic E-state index is 5.60. The summed E-state index contributed by atoms with van der Waals surface area (Å²) in [4.78, 5) is 8.78. The van der Waals surface area contributed by atoms with Gasteiger partial charge in [-0.05, 0) is 36.8 Å². The molecule has 3 rings (SSSR count). The topological polar surface area (TPSA) is 80.9 Å². The van der Waals surface area contributed by atoms with E-state index in [0.717, 1.165) is 16.8 Å². The summed E-state index contributed by atoms with van der Waals surface area (Å²) in [5.74, 6) is 2.67. The second kappa shape index (κ2) is 11.4. The Morgan fingerprint density at radius 3 is 2.37 bits per heavy atom. The number of ether oxygens (including phenoxy) is 2. The van der Waals surface area contributed by atoms with Crippen molar-refractivity contribution >= 4 is 29.9 Å². The van der Waals surface area contributed by atoms with Crippen LogP contribution in [0.15, 0.2) is 58.1 Å². The van der Waals surface area contributed by atoms with Crippen molar-refractivity contribution in [2.75, 3.05) is 21.3 Å². The van der Waals surface area contributed by atoms with E-state index >= 15 is 0 Å². The van der Waals surface area contributed by atoms with E-state index < -0.39 is 0 Å². The summed E-state index contributed by atoms with van der Waals surface area (Å²) in [5.41, 5.74) is 4.01. The van der Waals surface area contributed by atoms with Gasteiger partial charge in [-0.3, -0.25) is 4.99 Å². The molecule has 1 aromatic heterocycles. The molecule has 0 aliphatic heterocycles. The van der Waals surface area contributed by atoms with E-state index in [4.69, 9.17) is 13.9 Å². The van der Waals surface area contributed by atoms with Crippen molar-refractivity contribution in [3.05, 3.63) is 65.5 Å². The number of benzene rings is 2. The van der Waals surface area contributed by atoms with E-state index in [0.29, 0.717) is 36.4 Å². The Hall–Kier alpha value is -2.75. The third-order valence-corrected chi connectivity index (χ3v) is 4.42. The van der Waals surface area contributed by atoms with Gasteiger partial charge in [-0.2, -0.15) is 0 Å². The van der Waals surface area contributed by atoms with Crippen LogP contribution < -0.4 is 20.1 Å². The molecule has 0 saturated carbocycles. The zero-order valence-corrected chi connectivity index (χ0v) is 19.9. The smallest absolute Gasteiger partial charge is 0.226 e. The molecular formula is C22H27IN4O3. The lowest BCUT2D eigenvalue weighted by molar-refractivity contribution is 0.354. The van der Waals surface area contributed by atoms with Crippen LogP contribution in [0.4, 0.5) is 0 Å². The van der Waals surface area contributed by atoms with Crippen LogP contribution in [0.2, 0.25) is 0 Å². The number of nitrogens with one attached hydrogen (secondary N) is 2. The van der Waals surface area contributed by atoms with Gasteiger partial charge in [0.15, 0.2) is 17.5 Å². The highest BCUT2D eigenvalue weighted by Crippen LogP contribution is 2.27. The van der Waals surface area contributed by atoms with Crippen LogP contribution in [-0.2, 0) is 13.1 Å². The number of methoxy groups -OCH3 is 2. The Kier molecular flexibility index (Phi) is 8.97. The standard InChI is InChI=1S/C22H26N4O3.HI/c1-15-5-8-17(9-6-15)21-26-18(14-29-21)13-25-22(23-2)24-12-16-7-10-19(27-3)20(11-16)28-4;/h5-11,14H,12-13H2,1-4H3,(H2,23,24,25);1H. The zero-order chi connectivity index (χ0) is 20.6. The summed E-state index contributed by atoms with van der Waals surface area (Å²) in [7, 11) is 4.97. The first-order valence-electron chi connectivity index (χ1n) is 9.29. The molecule has 0 atom stereocenters. The van der Waals surface area contributed by atoms with Gasteiger partial charge in [-0.15, -0.1) is 24.0 Å². The number of aryl methyl sites for hydroxylation is 1. The number of hydrogen-bond acceptors (Lipinski definition) is 5. The van der Waals surface area contributed by atoms with Gasteiger partial charge < -0.3 is 24.5 Å². The Morgan fingerprint density at radius 2 is 1.70 bits per heavy atom. The number of aliphatic imine (C=N–C) groups is 1. The highest BCUT2D eigenvalue weighted by atomic mass is 127. The minimum absolute atomic E-state index is 0. The normalized spacial score (nSPS) is 10.9. The van der Waals surface area contributed by atoms with Crippen LogP contribution in [-0.4, -0.2) is 32.2 Å². The van der Waals surface area contributed by atoms with Crippen molar-refractivity contribution in [2.24, 2.45) is 4.99 Å². The van der Waals surface area contributed by atoms with Crippen LogP contribution in [0.1, 0.15) is 16.8 Å². The van der Waals surface area contributed by atoms with E-state index in [1.54, 1.807) is 27.5 Å². The molecule has 7 nitrogen and oxygen atoms in total. The Morgan fingerprint density at radius 1 is 1.00 bits per heavy atom. The third-order valence-electron chi connectivity index (χ3n) is 4.42. The predicted octanol–water partition coefficient (Wildman–Crippen LogP) is 4.15. The van der Waals surface area contributed by atoms with Gasteiger partial charge >= 0.3 is 0 Å². The summed E-state index contributed by atoms with van der Waals surface area (Å²) < 4.78 is 16.2. The minimum Gasteiger partial charge on any atom is -0.493 e. The Bertz CT molecular complexity index is 971. The molecule has 0 aliphatic carbocycles. The molecule has 0 amide bonds. The molecule has 0 saturated heterocycles. The molecule has 2 N–H and O–H groups in total. The van der Waals surface area contributed by atoms with Crippen LogP contribution in [0.25, 0.3) is 11.5 Å². The lowest BCUT2D eigenvalue weighted by Gasteiger charge is -2.13. The Labute approximate surface area is 193 Å². The average molecular weight is 522 g/mol. The summed E-state index contributed by atoms with van der Waals surface area (Å²) in [6.07, 6.45) is 1.66.